The Morgan fingerprint density at radius 2 is 1.79 bits per heavy atom. The average molecular weight is 397 g/mol. The van der Waals surface area contributed by atoms with Gasteiger partial charge >= 0.3 is 0 Å². The van der Waals surface area contributed by atoms with E-state index in [-0.39, 0.29) is 11.7 Å². The van der Waals surface area contributed by atoms with Crippen molar-refractivity contribution in [1.29, 1.82) is 0 Å². The Kier molecular flexibility index (Phi) is 6.36. The van der Waals surface area contributed by atoms with Crippen LogP contribution in [0.5, 0.6) is 5.75 Å². The molecule has 0 saturated heterocycles. The van der Waals surface area contributed by atoms with E-state index in [0.29, 0.717) is 11.8 Å². The molecule has 3 aromatic rings. The molecule has 1 aromatic heterocycles. The predicted molar refractivity (Wildman–Crippen MR) is 113 cm³/mol. The number of amides is 1. The first kappa shape index (κ1) is 19.9. The summed E-state index contributed by atoms with van der Waals surface area (Å²) >= 11 is 1.37. The second kappa shape index (κ2) is 8.93. The lowest BCUT2D eigenvalue weighted by Gasteiger charge is -2.11. The topological polar surface area (TPSA) is 69.0 Å². The van der Waals surface area contributed by atoms with Crippen LogP contribution in [-0.2, 0) is 11.8 Å². The molecule has 0 radical (unpaired) electrons. The van der Waals surface area contributed by atoms with Gasteiger partial charge in [-0.1, -0.05) is 30.0 Å². The number of benzene rings is 2. The van der Waals surface area contributed by atoms with Crippen molar-refractivity contribution in [3.05, 3.63) is 53.6 Å². The van der Waals surface area contributed by atoms with Crippen LogP contribution in [0.1, 0.15) is 18.1 Å². The number of carbonyl (C=O) groups is 1. The number of aryl methyl sites for hydroxylation is 2. The third kappa shape index (κ3) is 4.54. The van der Waals surface area contributed by atoms with Crippen LogP contribution in [0.15, 0.2) is 47.6 Å². The molecule has 146 valence electrons. The Morgan fingerprint density at radius 3 is 2.43 bits per heavy atom. The Hall–Kier alpha value is -2.80. The fraction of sp³-hybridized carbons (Fsp3) is 0.286. The molecule has 2 aromatic carbocycles. The zero-order valence-corrected chi connectivity index (χ0v) is 17.3. The van der Waals surface area contributed by atoms with Gasteiger partial charge in [-0.3, -0.25) is 4.79 Å². The van der Waals surface area contributed by atoms with E-state index in [0.717, 1.165) is 34.0 Å². The van der Waals surface area contributed by atoms with Gasteiger partial charge in [-0.25, -0.2) is 0 Å². The number of rotatable bonds is 7. The minimum Gasteiger partial charge on any atom is -0.494 e. The first-order valence-electron chi connectivity index (χ1n) is 9.11. The second-order valence-electron chi connectivity index (χ2n) is 6.43. The summed E-state index contributed by atoms with van der Waals surface area (Å²) < 4.78 is 7.37. The molecule has 1 heterocycles. The third-order valence-corrected chi connectivity index (χ3v) is 5.36. The van der Waals surface area contributed by atoms with Gasteiger partial charge in [-0.05, 0) is 56.2 Å². The number of nitrogens with one attached hydrogen (secondary N) is 1. The zero-order chi connectivity index (χ0) is 20.1. The summed E-state index contributed by atoms with van der Waals surface area (Å²) in [5, 5.41) is 12.2. The van der Waals surface area contributed by atoms with E-state index in [1.165, 1.54) is 11.8 Å². The highest BCUT2D eigenvalue weighted by Gasteiger charge is 2.14. The minimum atomic E-state index is -0.0620. The highest BCUT2D eigenvalue weighted by Crippen LogP contribution is 2.25. The molecule has 3 rings (SSSR count). The van der Waals surface area contributed by atoms with Crippen molar-refractivity contribution in [3.63, 3.8) is 0 Å². The largest absolute Gasteiger partial charge is 0.494 e. The standard InChI is InChI=1S/C21H24N4O2S/c1-5-27-17-11-9-16(10-12-17)20-23-24-21(25(20)4)28-13-18(26)22-19-14(2)7-6-8-15(19)3/h6-12H,5,13H2,1-4H3,(H,22,26). The van der Waals surface area contributed by atoms with E-state index in [4.69, 9.17) is 4.74 Å². The van der Waals surface area contributed by atoms with Crippen molar-refractivity contribution >= 4 is 23.4 Å². The lowest BCUT2D eigenvalue weighted by molar-refractivity contribution is -0.113. The molecule has 1 N–H and O–H groups in total. The van der Waals surface area contributed by atoms with Crippen LogP contribution in [0.4, 0.5) is 5.69 Å². The van der Waals surface area contributed by atoms with Gasteiger partial charge in [0.1, 0.15) is 5.75 Å². The summed E-state index contributed by atoms with van der Waals surface area (Å²) in [6, 6.07) is 13.7. The summed E-state index contributed by atoms with van der Waals surface area (Å²) in [5.41, 5.74) is 3.93. The fourth-order valence-electron chi connectivity index (χ4n) is 2.88. The zero-order valence-electron chi connectivity index (χ0n) is 16.5. The van der Waals surface area contributed by atoms with Crippen LogP contribution >= 0.6 is 11.8 Å². The van der Waals surface area contributed by atoms with Gasteiger partial charge in [0, 0.05) is 18.3 Å². The lowest BCUT2D eigenvalue weighted by Crippen LogP contribution is -2.16. The van der Waals surface area contributed by atoms with Gasteiger partial charge in [0.05, 0.1) is 12.4 Å². The number of hydrogen-bond acceptors (Lipinski definition) is 5. The number of aromatic nitrogens is 3. The summed E-state index contributed by atoms with van der Waals surface area (Å²) in [4.78, 5) is 12.4. The average Bonchev–Trinajstić information content (AvgIpc) is 3.05. The summed E-state index contributed by atoms with van der Waals surface area (Å²) in [6.07, 6.45) is 0. The molecule has 0 aliphatic carbocycles. The van der Waals surface area contributed by atoms with Crippen molar-refractivity contribution in [1.82, 2.24) is 14.8 Å². The Morgan fingerprint density at radius 1 is 1.11 bits per heavy atom. The maximum absolute atomic E-state index is 12.4. The smallest absolute Gasteiger partial charge is 0.234 e. The molecule has 0 bridgehead atoms. The van der Waals surface area contributed by atoms with Crippen LogP contribution in [0.25, 0.3) is 11.4 Å². The summed E-state index contributed by atoms with van der Waals surface area (Å²) in [6.45, 7) is 6.56. The SMILES string of the molecule is CCOc1ccc(-c2nnc(SCC(=O)Nc3c(C)cccc3C)n2C)cc1. The van der Waals surface area contributed by atoms with Crippen molar-refractivity contribution in [2.45, 2.75) is 25.9 Å². The van der Waals surface area contributed by atoms with Gasteiger partial charge in [0.25, 0.3) is 0 Å². The number of hydrogen-bond donors (Lipinski definition) is 1. The molecular formula is C21H24N4O2S. The number of para-hydroxylation sites is 1. The molecule has 0 spiro atoms. The van der Waals surface area contributed by atoms with E-state index >= 15 is 0 Å². The predicted octanol–water partition coefficient (Wildman–Crippen LogP) is 4.23. The highest BCUT2D eigenvalue weighted by atomic mass is 32.2. The van der Waals surface area contributed by atoms with Gasteiger partial charge in [0.15, 0.2) is 11.0 Å². The summed E-state index contributed by atoms with van der Waals surface area (Å²) in [5.74, 6) is 1.78. The number of carbonyl (C=O) groups excluding carboxylic acids is 1. The Bertz CT molecular complexity index is 947. The fourth-order valence-corrected chi connectivity index (χ4v) is 3.59. The number of ether oxygens (including phenoxy) is 1. The molecule has 0 atom stereocenters. The molecule has 0 saturated carbocycles. The number of nitrogens with zero attached hydrogens (tertiary/aromatic N) is 3. The maximum Gasteiger partial charge on any atom is 0.234 e. The molecule has 28 heavy (non-hydrogen) atoms. The maximum atomic E-state index is 12.4. The van der Waals surface area contributed by atoms with Gasteiger partial charge in [-0.15, -0.1) is 10.2 Å². The second-order valence-corrected chi connectivity index (χ2v) is 7.37. The Labute approximate surface area is 169 Å². The molecule has 6 nitrogen and oxygen atoms in total. The minimum absolute atomic E-state index is 0.0620. The van der Waals surface area contributed by atoms with Crippen molar-refractivity contribution in [3.8, 4) is 17.1 Å². The first-order valence-corrected chi connectivity index (χ1v) is 10.1. The normalized spacial score (nSPS) is 10.7. The van der Waals surface area contributed by atoms with Gasteiger partial charge < -0.3 is 14.6 Å². The Balaban J connectivity index is 1.65. The monoisotopic (exact) mass is 396 g/mol. The van der Waals surface area contributed by atoms with Gasteiger partial charge in [0.2, 0.25) is 5.91 Å². The van der Waals surface area contributed by atoms with Gasteiger partial charge in [-0.2, -0.15) is 0 Å². The molecular weight excluding hydrogens is 372 g/mol. The molecule has 0 aliphatic heterocycles. The molecule has 0 fully saturated rings. The lowest BCUT2D eigenvalue weighted by atomic mass is 10.1. The number of anilines is 1. The third-order valence-electron chi connectivity index (χ3n) is 4.34. The molecule has 1 amide bonds. The van der Waals surface area contributed by atoms with Crippen molar-refractivity contribution in [2.24, 2.45) is 7.05 Å². The number of thioether (sulfide) groups is 1. The van der Waals surface area contributed by atoms with Crippen LogP contribution in [0.3, 0.4) is 0 Å². The summed E-state index contributed by atoms with van der Waals surface area (Å²) in [7, 11) is 1.90. The van der Waals surface area contributed by atoms with Crippen LogP contribution in [-0.4, -0.2) is 33.0 Å². The molecule has 0 unspecified atom stereocenters. The van der Waals surface area contributed by atoms with Crippen LogP contribution < -0.4 is 10.1 Å². The van der Waals surface area contributed by atoms with E-state index < -0.39 is 0 Å². The molecule has 7 heteroatoms. The van der Waals surface area contributed by atoms with E-state index in [1.54, 1.807) is 0 Å². The quantitative estimate of drug-likeness (QED) is 0.605. The van der Waals surface area contributed by atoms with Crippen molar-refractivity contribution < 1.29 is 9.53 Å². The molecule has 0 aliphatic rings. The van der Waals surface area contributed by atoms with Crippen molar-refractivity contribution in [2.75, 3.05) is 17.7 Å². The van der Waals surface area contributed by atoms with E-state index in [1.807, 2.05) is 74.9 Å². The van der Waals surface area contributed by atoms with Crippen LogP contribution in [0.2, 0.25) is 0 Å². The van der Waals surface area contributed by atoms with E-state index in [9.17, 15) is 4.79 Å². The van der Waals surface area contributed by atoms with Crippen LogP contribution in [0, 0.1) is 13.8 Å². The van der Waals surface area contributed by atoms with E-state index in [2.05, 4.69) is 15.5 Å². The first-order chi connectivity index (χ1) is 13.5. The highest BCUT2D eigenvalue weighted by molar-refractivity contribution is 7.99.